The molecular formula is C18H13ClF3N3O. The van der Waals surface area contributed by atoms with E-state index in [1.165, 1.54) is 16.8 Å². The Balaban J connectivity index is 2.03. The molecule has 0 bridgehead atoms. The first-order chi connectivity index (χ1) is 12.3. The zero-order chi connectivity index (χ0) is 19.0. The highest BCUT2D eigenvalue weighted by Gasteiger charge is 2.21. The van der Waals surface area contributed by atoms with Crippen LogP contribution in [0.4, 0.5) is 18.9 Å². The monoisotopic (exact) mass is 379 g/mol. The Bertz CT molecular complexity index is 1020. The summed E-state index contributed by atoms with van der Waals surface area (Å²) in [5.74, 6) is -3.96. The lowest BCUT2D eigenvalue weighted by Gasteiger charge is -2.12. The first-order valence-corrected chi connectivity index (χ1v) is 7.91. The van der Waals surface area contributed by atoms with Crippen LogP contribution in [0.15, 0.2) is 36.4 Å². The fourth-order valence-electron chi connectivity index (χ4n) is 2.63. The number of aromatic nitrogens is 2. The number of halogens is 4. The molecule has 1 amide bonds. The van der Waals surface area contributed by atoms with Crippen LogP contribution < -0.4 is 5.32 Å². The number of amides is 1. The van der Waals surface area contributed by atoms with E-state index < -0.39 is 23.4 Å². The molecule has 0 aliphatic heterocycles. The number of nitrogens with zero attached hydrogens (tertiary/aromatic N) is 2. The highest BCUT2D eigenvalue weighted by atomic mass is 35.5. The fourth-order valence-corrected chi connectivity index (χ4v) is 2.89. The first kappa shape index (κ1) is 18.0. The van der Waals surface area contributed by atoms with Crippen molar-refractivity contribution >= 4 is 23.2 Å². The topological polar surface area (TPSA) is 46.9 Å². The summed E-state index contributed by atoms with van der Waals surface area (Å²) < 4.78 is 42.2. The lowest BCUT2D eigenvalue weighted by atomic mass is 10.0. The Kier molecular flexibility index (Phi) is 4.73. The predicted molar refractivity (Wildman–Crippen MR) is 92.7 cm³/mol. The third-order valence-electron chi connectivity index (χ3n) is 3.85. The van der Waals surface area contributed by atoms with Crippen molar-refractivity contribution in [1.82, 2.24) is 9.78 Å². The van der Waals surface area contributed by atoms with Gasteiger partial charge in [0, 0.05) is 29.9 Å². The van der Waals surface area contributed by atoms with Gasteiger partial charge in [0.1, 0.15) is 11.0 Å². The molecule has 8 heteroatoms. The van der Waals surface area contributed by atoms with Crippen molar-refractivity contribution < 1.29 is 18.0 Å². The van der Waals surface area contributed by atoms with Gasteiger partial charge in [0.25, 0.3) is 5.91 Å². The van der Waals surface area contributed by atoms with Gasteiger partial charge in [-0.15, -0.1) is 0 Å². The minimum absolute atomic E-state index is 0.150. The molecule has 0 aliphatic rings. The second-order valence-corrected chi connectivity index (χ2v) is 5.98. The third-order valence-corrected chi connectivity index (χ3v) is 4.29. The molecule has 0 saturated carbocycles. The molecule has 1 N–H and O–H groups in total. The van der Waals surface area contributed by atoms with Gasteiger partial charge in [-0.2, -0.15) is 5.10 Å². The Labute approximate surface area is 152 Å². The molecule has 0 atom stereocenters. The first-order valence-electron chi connectivity index (χ1n) is 7.54. The number of rotatable bonds is 3. The lowest BCUT2D eigenvalue weighted by molar-refractivity contribution is 0.102. The second kappa shape index (κ2) is 6.84. The maximum absolute atomic E-state index is 14.1. The molecule has 1 aromatic heterocycles. The van der Waals surface area contributed by atoms with Crippen molar-refractivity contribution in [3.8, 4) is 11.1 Å². The van der Waals surface area contributed by atoms with Crippen molar-refractivity contribution in [3.63, 3.8) is 0 Å². The van der Waals surface area contributed by atoms with Crippen molar-refractivity contribution in [2.75, 3.05) is 5.32 Å². The number of para-hydroxylation sites is 1. The summed E-state index contributed by atoms with van der Waals surface area (Å²) in [5, 5.41) is 6.83. The number of anilines is 1. The van der Waals surface area contributed by atoms with Crippen molar-refractivity contribution in [1.29, 1.82) is 0 Å². The standard InChI is InChI=1S/C18H13ClF3N3O/c1-9-16(17(19)25(2)24-9)18(26)23-15-6-4-3-5-10(15)11-7-13(21)14(22)8-12(11)20/h3-8H,1-2H3,(H,23,26). The largest absolute Gasteiger partial charge is 0.321 e. The van der Waals surface area contributed by atoms with E-state index in [1.54, 1.807) is 26.1 Å². The molecule has 0 fully saturated rings. The Morgan fingerprint density at radius 1 is 1.08 bits per heavy atom. The molecular weight excluding hydrogens is 367 g/mol. The number of aryl methyl sites for hydroxylation is 2. The minimum Gasteiger partial charge on any atom is -0.321 e. The molecule has 3 rings (SSSR count). The summed E-state index contributed by atoms with van der Waals surface area (Å²) in [6, 6.07) is 7.43. The Morgan fingerprint density at radius 3 is 2.38 bits per heavy atom. The molecule has 0 unspecified atom stereocenters. The molecule has 0 spiro atoms. The smallest absolute Gasteiger partial charge is 0.260 e. The number of hydrogen-bond acceptors (Lipinski definition) is 2. The van der Waals surface area contributed by atoms with Crippen LogP contribution in [0.1, 0.15) is 16.1 Å². The van der Waals surface area contributed by atoms with Gasteiger partial charge >= 0.3 is 0 Å². The summed E-state index contributed by atoms with van der Waals surface area (Å²) in [4.78, 5) is 12.6. The number of carbonyl (C=O) groups excluding carboxylic acids is 1. The molecule has 134 valence electrons. The maximum atomic E-state index is 14.1. The number of carbonyl (C=O) groups is 1. The van der Waals surface area contributed by atoms with Crippen LogP contribution in [0.5, 0.6) is 0 Å². The maximum Gasteiger partial charge on any atom is 0.260 e. The van der Waals surface area contributed by atoms with Gasteiger partial charge in [0.15, 0.2) is 11.6 Å². The highest BCUT2D eigenvalue weighted by molar-refractivity contribution is 6.33. The molecule has 0 aliphatic carbocycles. The normalized spacial score (nSPS) is 10.8. The van der Waals surface area contributed by atoms with Crippen LogP contribution in [-0.2, 0) is 7.05 Å². The van der Waals surface area contributed by atoms with Crippen LogP contribution in [0.25, 0.3) is 11.1 Å². The minimum atomic E-state index is -1.29. The van der Waals surface area contributed by atoms with Gasteiger partial charge in [0.05, 0.1) is 11.3 Å². The molecule has 1 heterocycles. The Morgan fingerprint density at radius 2 is 1.73 bits per heavy atom. The average molecular weight is 380 g/mol. The molecule has 26 heavy (non-hydrogen) atoms. The van der Waals surface area contributed by atoms with E-state index in [0.717, 1.165) is 6.07 Å². The fraction of sp³-hybridized carbons (Fsp3) is 0.111. The highest BCUT2D eigenvalue weighted by Crippen LogP contribution is 2.32. The molecule has 0 saturated heterocycles. The van der Waals surface area contributed by atoms with Gasteiger partial charge in [-0.05, 0) is 19.1 Å². The zero-order valence-electron chi connectivity index (χ0n) is 13.8. The van der Waals surface area contributed by atoms with Crippen LogP contribution >= 0.6 is 11.6 Å². The summed E-state index contributed by atoms with van der Waals surface area (Å²) in [5.41, 5.74) is 0.853. The summed E-state index contributed by atoms with van der Waals surface area (Å²) in [6.45, 7) is 1.63. The van der Waals surface area contributed by atoms with Gasteiger partial charge in [-0.25, -0.2) is 13.2 Å². The van der Waals surface area contributed by atoms with E-state index in [0.29, 0.717) is 11.8 Å². The average Bonchev–Trinajstić information content (AvgIpc) is 2.84. The summed E-state index contributed by atoms with van der Waals surface area (Å²) in [7, 11) is 1.59. The third kappa shape index (κ3) is 3.17. The van der Waals surface area contributed by atoms with E-state index >= 15 is 0 Å². The number of nitrogens with one attached hydrogen (secondary N) is 1. The van der Waals surface area contributed by atoms with E-state index in [4.69, 9.17) is 11.6 Å². The van der Waals surface area contributed by atoms with Crippen molar-refractivity contribution in [2.45, 2.75) is 6.92 Å². The SMILES string of the molecule is Cc1nn(C)c(Cl)c1C(=O)Nc1ccccc1-c1cc(F)c(F)cc1F. The van der Waals surface area contributed by atoms with Gasteiger partial charge in [0.2, 0.25) is 0 Å². The van der Waals surface area contributed by atoms with Crippen LogP contribution in [-0.4, -0.2) is 15.7 Å². The van der Waals surface area contributed by atoms with Crippen molar-refractivity contribution in [3.05, 3.63) is 70.3 Å². The van der Waals surface area contributed by atoms with Gasteiger partial charge in [-0.1, -0.05) is 29.8 Å². The van der Waals surface area contributed by atoms with E-state index in [-0.39, 0.29) is 27.5 Å². The van der Waals surface area contributed by atoms with E-state index in [9.17, 15) is 18.0 Å². The molecule has 4 nitrogen and oxygen atoms in total. The quantitative estimate of drug-likeness (QED) is 0.669. The second-order valence-electron chi connectivity index (χ2n) is 5.62. The molecule has 2 aromatic carbocycles. The van der Waals surface area contributed by atoms with E-state index in [2.05, 4.69) is 10.4 Å². The van der Waals surface area contributed by atoms with Crippen molar-refractivity contribution in [2.24, 2.45) is 7.05 Å². The van der Waals surface area contributed by atoms with Crippen LogP contribution in [0.3, 0.4) is 0 Å². The van der Waals surface area contributed by atoms with Crippen LogP contribution in [0, 0.1) is 24.4 Å². The molecule has 3 aromatic rings. The summed E-state index contributed by atoms with van der Waals surface area (Å²) >= 11 is 6.08. The van der Waals surface area contributed by atoms with E-state index in [1.807, 2.05) is 0 Å². The number of benzene rings is 2. The number of hydrogen-bond donors (Lipinski definition) is 1. The van der Waals surface area contributed by atoms with Crippen LogP contribution in [0.2, 0.25) is 5.15 Å². The van der Waals surface area contributed by atoms with Gasteiger partial charge < -0.3 is 5.32 Å². The Hall–Kier alpha value is -2.80. The molecule has 0 radical (unpaired) electrons. The summed E-state index contributed by atoms with van der Waals surface area (Å²) in [6.07, 6.45) is 0. The zero-order valence-corrected chi connectivity index (χ0v) is 14.5. The lowest BCUT2D eigenvalue weighted by Crippen LogP contribution is -2.14. The van der Waals surface area contributed by atoms with Gasteiger partial charge in [-0.3, -0.25) is 9.48 Å². The predicted octanol–water partition coefficient (Wildman–Crippen LogP) is 4.72.